The van der Waals surface area contributed by atoms with Crippen LogP contribution in [0.5, 0.6) is 5.75 Å². The summed E-state index contributed by atoms with van der Waals surface area (Å²) in [4.78, 5) is 17.6. The summed E-state index contributed by atoms with van der Waals surface area (Å²) in [6.45, 7) is 3.02. The highest BCUT2D eigenvalue weighted by Gasteiger charge is 2.32. The van der Waals surface area contributed by atoms with Crippen molar-refractivity contribution in [2.24, 2.45) is 5.92 Å². The average molecular weight is 480 g/mol. The van der Waals surface area contributed by atoms with Crippen LogP contribution in [-0.2, 0) is 6.54 Å². The second-order valence-electron chi connectivity index (χ2n) is 8.80. The van der Waals surface area contributed by atoms with Crippen LogP contribution in [0.25, 0.3) is 0 Å². The van der Waals surface area contributed by atoms with Crippen molar-refractivity contribution < 1.29 is 22.8 Å². The maximum atomic E-state index is 12.6. The van der Waals surface area contributed by atoms with Gasteiger partial charge in [0.05, 0.1) is 4.92 Å². The number of nitro groups is 1. The number of likely N-dealkylation sites (tertiary alicyclic amines) is 1. The second-order valence-corrected chi connectivity index (χ2v) is 8.80. The molecule has 1 saturated carbocycles. The Morgan fingerprint density at radius 2 is 1.88 bits per heavy atom. The van der Waals surface area contributed by atoms with E-state index < -0.39 is 11.3 Å². The first-order valence-corrected chi connectivity index (χ1v) is 11.5. The molecule has 1 aromatic carbocycles. The molecule has 184 valence electrons. The van der Waals surface area contributed by atoms with Gasteiger partial charge < -0.3 is 20.3 Å². The molecule has 1 aliphatic carbocycles. The fraction of sp³-hybridized carbons (Fsp3) is 0.522. The third-order valence-electron chi connectivity index (χ3n) is 6.54. The molecule has 2 heterocycles. The van der Waals surface area contributed by atoms with Crippen molar-refractivity contribution in [2.45, 2.75) is 51.1 Å². The molecule has 1 saturated heterocycles. The Morgan fingerprint density at radius 1 is 1.15 bits per heavy atom. The van der Waals surface area contributed by atoms with E-state index in [4.69, 9.17) is 0 Å². The summed E-state index contributed by atoms with van der Waals surface area (Å²) in [5, 5.41) is 17.6. The standard InChI is InChI=1S/C23H28F3N5O3/c24-23(25,26)34-21-5-2-1-4-17(21)14-28-22-12-19(20(15-29-22)31(32)33)27-13-16-6-8-18(9-7-16)30-10-3-11-30/h1-2,4-5,12,15-16,18H,3,6-11,13-14H2,(H2,27,28,29)/t16-,18-. The summed E-state index contributed by atoms with van der Waals surface area (Å²) in [7, 11) is 0. The van der Waals surface area contributed by atoms with E-state index in [0.29, 0.717) is 30.0 Å². The van der Waals surface area contributed by atoms with Gasteiger partial charge in [0, 0.05) is 30.8 Å². The number of hydrogen-bond acceptors (Lipinski definition) is 7. The lowest BCUT2D eigenvalue weighted by Crippen LogP contribution is -2.46. The number of aromatic nitrogens is 1. The number of pyridine rings is 1. The molecule has 4 rings (SSSR count). The van der Waals surface area contributed by atoms with Gasteiger partial charge in [-0.2, -0.15) is 0 Å². The normalized spacial score (nSPS) is 20.9. The number of rotatable bonds is 9. The number of hydrogen-bond donors (Lipinski definition) is 2. The minimum atomic E-state index is -4.80. The molecule has 11 heteroatoms. The van der Waals surface area contributed by atoms with E-state index in [2.05, 4.69) is 25.3 Å². The lowest BCUT2D eigenvalue weighted by atomic mass is 9.84. The molecule has 0 atom stereocenters. The number of halogens is 3. The highest BCUT2D eigenvalue weighted by atomic mass is 19.4. The van der Waals surface area contributed by atoms with Gasteiger partial charge in [-0.25, -0.2) is 4.98 Å². The lowest BCUT2D eigenvalue weighted by Gasteiger charge is -2.42. The van der Waals surface area contributed by atoms with Crippen molar-refractivity contribution in [1.82, 2.24) is 9.88 Å². The SMILES string of the molecule is O=[N+]([O-])c1cnc(NCc2ccccc2OC(F)(F)F)cc1NC[C@H]1CC[C@H](N2CCC2)CC1. The van der Waals surface area contributed by atoms with Gasteiger partial charge in [0.15, 0.2) is 0 Å². The summed E-state index contributed by atoms with van der Waals surface area (Å²) in [6.07, 6.45) is 2.09. The van der Waals surface area contributed by atoms with Crippen LogP contribution in [0.4, 0.5) is 30.4 Å². The molecule has 34 heavy (non-hydrogen) atoms. The number of ether oxygens (including phenoxy) is 1. The van der Waals surface area contributed by atoms with Gasteiger partial charge in [0.2, 0.25) is 0 Å². The Balaban J connectivity index is 1.37. The third kappa shape index (κ3) is 6.28. The fourth-order valence-electron chi connectivity index (χ4n) is 4.57. The smallest absolute Gasteiger partial charge is 0.405 e. The molecule has 1 aromatic heterocycles. The molecule has 8 nitrogen and oxygen atoms in total. The van der Waals surface area contributed by atoms with E-state index in [-0.39, 0.29) is 23.5 Å². The first-order valence-electron chi connectivity index (χ1n) is 11.5. The van der Waals surface area contributed by atoms with Crippen molar-refractivity contribution in [2.75, 3.05) is 30.3 Å². The van der Waals surface area contributed by atoms with Crippen LogP contribution in [-0.4, -0.2) is 46.8 Å². The molecule has 0 amide bonds. The zero-order valence-electron chi connectivity index (χ0n) is 18.7. The van der Waals surface area contributed by atoms with E-state index in [1.165, 1.54) is 43.8 Å². The minimum Gasteiger partial charge on any atom is -0.405 e. The van der Waals surface area contributed by atoms with E-state index in [1.54, 1.807) is 6.07 Å². The van der Waals surface area contributed by atoms with Crippen LogP contribution in [0.3, 0.4) is 0 Å². The monoisotopic (exact) mass is 479 g/mol. The summed E-state index contributed by atoms with van der Waals surface area (Å²) in [5.41, 5.74) is 0.487. The maximum absolute atomic E-state index is 12.6. The van der Waals surface area contributed by atoms with E-state index in [1.807, 2.05) is 0 Å². The summed E-state index contributed by atoms with van der Waals surface area (Å²) >= 11 is 0. The number of benzene rings is 1. The van der Waals surface area contributed by atoms with E-state index in [0.717, 1.165) is 31.9 Å². The van der Waals surface area contributed by atoms with Gasteiger partial charge in [0.1, 0.15) is 23.5 Å². The predicted octanol–water partition coefficient (Wildman–Crippen LogP) is 5.18. The summed E-state index contributed by atoms with van der Waals surface area (Å²) < 4.78 is 42.0. The maximum Gasteiger partial charge on any atom is 0.573 e. The Bertz CT molecular complexity index is 992. The number of alkyl halides is 3. The number of nitrogens with one attached hydrogen (secondary N) is 2. The van der Waals surface area contributed by atoms with Crippen LogP contribution in [0, 0.1) is 16.0 Å². The molecular weight excluding hydrogens is 451 g/mol. The molecule has 0 unspecified atom stereocenters. The van der Waals surface area contributed by atoms with Crippen LogP contribution < -0.4 is 15.4 Å². The number of anilines is 2. The van der Waals surface area contributed by atoms with Crippen LogP contribution in [0.1, 0.15) is 37.7 Å². The van der Waals surface area contributed by atoms with Crippen molar-refractivity contribution in [3.8, 4) is 5.75 Å². The number of nitrogens with zero attached hydrogens (tertiary/aromatic N) is 3. The average Bonchev–Trinajstić information content (AvgIpc) is 2.76. The van der Waals surface area contributed by atoms with Crippen molar-refractivity contribution in [3.05, 3.63) is 52.2 Å². The van der Waals surface area contributed by atoms with Gasteiger partial charge in [-0.15, -0.1) is 13.2 Å². The van der Waals surface area contributed by atoms with Crippen LogP contribution in [0.2, 0.25) is 0 Å². The zero-order chi connectivity index (χ0) is 24.1. The van der Waals surface area contributed by atoms with Crippen LogP contribution in [0.15, 0.2) is 36.5 Å². The van der Waals surface area contributed by atoms with Crippen molar-refractivity contribution in [1.29, 1.82) is 0 Å². The van der Waals surface area contributed by atoms with Crippen molar-refractivity contribution >= 4 is 17.2 Å². The Labute approximate surface area is 195 Å². The van der Waals surface area contributed by atoms with Gasteiger partial charge in [-0.3, -0.25) is 10.1 Å². The molecule has 2 aromatic rings. The van der Waals surface area contributed by atoms with E-state index in [9.17, 15) is 23.3 Å². The third-order valence-corrected chi connectivity index (χ3v) is 6.54. The topological polar surface area (TPSA) is 92.6 Å². The van der Waals surface area contributed by atoms with Gasteiger partial charge in [-0.1, -0.05) is 18.2 Å². The highest BCUT2D eigenvalue weighted by Crippen LogP contribution is 2.32. The Kier molecular flexibility index (Phi) is 7.40. The summed E-state index contributed by atoms with van der Waals surface area (Å²) in [6, 6.07) is 7.99. The minimum absolute atomic E-state index is 0.0109. The highest BCUT2D eigenvalue weighted by molar-refractivity contribution is 5.65. The largest absolute Gasteiger partial charge is 0.573 e. The predicted molar refractivity (Wildman–Crippen MR) is 122 cm³/mol. The second kappa shape index (κ2) is 10.5. The molecule has 0 bridgehead atoms. The molecule has 1 aliphatic heterocycles. The molecule has 2 fully saturated rings. The Morgan fingerprint density at radius 3 is 2.53 bits per heavy atom. The molecule has 0 spiro atoms. The van der Waals surface area contributed by atoms with Gasteiger partial charge in [-0.05, 0) is 57.2 Å². The van der Waals surface area contributed by atoms with Crippen molar-refractivity contribution in [3.63, 3.8) is 0 Å². The fourth-order valence-corrected chi connectivity index (χ4v) is 4.57. The molecule has 0 radical (unpaired) electrons. The first kappa shape index (κ1) is 24.1. The van der Waals surface area contributed by atoms with Crippen LogP contribution >= 0.6 is 0 Å². The molecular formula is C23H28F3N5O3. The van der Waals surface area contributed by atoms with Gasteiger partial charge >= 0.3 is 12.0 Å². The molecule has 2 aliphatic rings. The van der Waals surface area contributed by atoms with Gasteiger partial charge in [0.25, 0.3) is 0 Å². The lowest BCUT2D eigenvalue weighted by molar-refractivity contribution is -0.384. The molecule has 2 N–H and O–H groups in total. The van der Waals surface area contributed by atoms with E-state index >= 15 is 0 Å². The number of para-hydroxylation sites is 1. The Hall–Kier alpha value is -3.08. The summed E-state index contributed by atoms with van der Waals surface area (Å²) in [5.74, 6) is 0.445. The quantitative estimate of drug-likeness (QED) is 0.378. The first-order chi connectivity index (χ1) is 16.3. The zero-order valence-corrected chi connectivity index (χ0v) is 18.7.